The summed E-state index contributed by atoms with van der Waals surface area (Å²) in [6, 6.07) is 7.93. The Kier molecular flexibility index (Phi) is 9.08. The van der Waals surface area contributed by atoms with E-state index in [4.69, 9.17) is 37.0 Å². The number of fused-ring (bicyclic) bond motifs is 1. The number of rotatable bonds is 8. The number of ether oxygens (including phenoxy) is 4. The number of terminal acetylenes is 1. The fourth-order valence-electron chi connectivity index (χ4n) is 4.30. The SMILES string of the molecule is C#CCOc1c(Cl)cc(/C=c2\sc3n(c2=O)[C@@H](c2cc(Br)ccc2OC)C(C(=O)OC(C)C)=C(C)N=3)cc1OC. The lowest BCUT2D eigenvalue weighted by atomic mass is 9.95. The molecule has 8 nitrogen and oxygen atoms in total. The summed E-state index contributed by atoms with van der Waals surface area (Å²) in [6.07, 6.45) is 6.62. The monoisotopic (exact) mass is 644 g/mol. The zero-order valence-corrected chi connectivity index (χ0v) is 25.6. The Hall–Kier alpha value is -3.52. The summed E-state index contributed by atoms with van der Waals surface area (Å²) in [5.41, 5.74) is 1.57. The molecule has 0 unspecified atom stereocenters. The van der Waals surface area contributed by atoms with E-state index in [1.165, 1.54) is 30.1 Å². The van der Waals surface area contributed by atoms with Crippen LogP contribution in [0.2, 0.25) is 5.02 Å². The van der Waals surface area contributed by atoms with Gasteiger partial charge in [0.25, 0.3) is 5.56 Å². The number of thiazole rings is 1. The van der Waals surface area contributed by atoms with Crippen LogP contribution in [-0.4, -0.2) is 37.5 Å². The first-order chi connectivity index (χ1) is 19.1. The number of halogens is 2. The molecule has 40 heavy (non-hydrogen) atoms. The molecule has 0 aliphatic carbocycles. The lowest BCUT2D eigenvalue weighted by Crippen LogP contribution is -2.40. The van der Waals surface area contributed by atoms with Crippen molar-refractivity contribution in [1.82, 2.24) is 4.57 Å². The smallest absolute Gasteiger partial charge is 0.338 e. The number of aromatic nitrogens is 1. The number of nitrogens with zero attached hydrogens (tertiary/aromatic N) is 2. The van der Waals surface area contributed by atoms with Crippen LogP contribution in [0.5, 0.6) is 17.2 Å². The number of hydrogen-bond donors (Lipinski definition) is 0. The highest BCUT2D eigenvalue weighted by Gasteiger charge is 2.35. The maximum Gasteiger partial charge on any atom is 0.338 e. The minimum Gasteiger partial charge on any atom is -0.496 e. The second-order valence-corrected chi connectivity index (χ2v) is 11.3. The summed E-state index contributed by atoms with van der Waals surface area (Å²) in [6.45, 7) is 5.28. The van der Waals surface area contributed by atoms with E-state index in [0.29, 0.717) is 43.4 Å². The van der Waals surface area contributed by atoms with Gasteiger partial charge in [-0.1, -0.05) is 44.8 Å². The van der Waals surface area contributed by atoms with E-state index < -0.39 is 12.0 Å². The highest BCUT2D eigenvalue weighted by atomic mass is 79.9. The third kappa shape index (κ3) is 5.82. The van der Waals surface area contributed by atoms with Crippen molar-refractivity contribution in [2.75, 3.05) is 20.8 Å². The highest BCUT2D eigenvalue weighted by molar-refractivity contribution is 9.10. The van der Waals surface area contributed by atoms with Crippen LogP contribution in [0.25, 0.3) is 6.08 Å². The Labute approximate surface area is 248 Å². The molecule has 0 radical (unpaired) electrons. The Bertz CT molecular complexity index is 1730. The average molecular weight is 646 g/mol. The number of carbonyl (C=O) groups is 1. The Morgan fingerprint density at radius 2 is 1.98 bits per heavy atom. The van der Waals surface area contributed by atoms with Gasteiger partial charge in [-0.2, -0.15) is 0 Å². The van der Waals surface area contributed by atoms with Crippen LogP contribution < -0.4 is 29.1 Å². The predicted octanol–water partition coefficient (Wildman–Crippen LogP) is 4.63. The Balaban J connectivity index is 1.96. The maximum absolute atomic E-state index is 14.0. The van der Waals surface area contributed by atoms with E-state index in [0.717, 1.165) is 4.47 Å². The molecular formula is C29H26BrClN2O6S. The van der Waals surface area contributed by atoms with Crippen molar-refractivity contribution in [1.29, 1.82) is 0 Å². The Morgan fingerprint density at radius 1 is 1.25 bits per heavy atom. The van der Waals surface area contributed by atoms with Crippen molar-refractivity contribution in [3.63, 3.8) is 0 Å². The molecule has 0 fully saturated rings. The van der Waals surface area contributed by atoms with Gasteiger partial charge in [-0.15, -0.1) is 6.42 Å². The first-order valence-electron chi connectivity index (χ1n) is 12.1. The van der Waals surface area contributed by atoms with Crippen LogP contribution in [-0.2, 0) is 9.53 Å². The molecule has 1 aliphatic rings. The zero-order valence-electron chi connectivity index (χ0n) is 22.4. The van der Waals surface area contributed by atoms with Crippen LogP contribution in [0, 0.1) is 12.3 Å². The zero-order chi connectivity index (χ0) is 29.1. The molecule has 0 saturated carbocycles. The third-order valence-electron chi connectivity index (χ3n) is 5.92. The molecular weight excluding hydrogens is 620 g/mol. The molecule has 1 aliphatic heterocycles. The van der Waals surface area contributed by atoms with E-state index in [9.17, 15) is 9.59 Å². The summed E-state index contributed by atoms with van der Waals surface area (Å²) in [5, 5.41) is 0.278. The van der Waals surface area contributed by atoms with Crippen molar-refractivity contribution in [2.24, 2.45) is 4.99 Å². The van der Waals surface area contributed by atoms with Gasteiger partial charge in [0.2, 0.25) is 0 Å². The van der Waals surface area contributed by atoms with Gasteiger partial charge in [0.15, 0.2) is 16.3 Å². The van der Waals surface area contributed by atoms with Gasteiger partial charge in [-0.25, -0.2) is 9.79 Å². The molecule has 2 aromatic carbocycles. The van der Waals surface area contributed by atoms with Gasteiger partial charge < -0.3 is 18.9 Å². The van der Waals surface area contributed by atoms with Gasteiger partial charge in [0.1, 0.15) is 18.4 Å². The third-order valence-corrected chi connectivity index (χ3v) is 7.68. The van der Waals surface area contributed by atoms with Crippen LogP contribution in [0.4, 0.5) is 0 Å². The van der Waals surface area contributed by atoms with Crippen LogP contribution in [0.15, 0.2) is 55.9 Å². The summed E-state index contributed by atoms with van der Waals surface area (Å²) >= 11 is 11.1. The van der Waals surface area contributed by atoms with Crippen LogP contribution in [0.3, 0.4) is 0 Å². The number of benzene rings is 2. The van der Waals surface area contributed by atoms with Gasteiger partial charge >= 0.3 is 5.97 Å². The van der Waals surface area contributed by atoms with Gasteiger partial charge in [-0.05, 0) is 62.7 Å². The highest BCUT2D eigenvalue weighted by Crippen LogP contribution is 2.38. The van der Waals surface area contributed by atoms with Crippen molar-refractivity contribution < 1.29 is 23.7 Å². The first kappa shape index (κ1) is 29.5. The van der Waals surface area contributed by atoms with Crippen LogP contribution >= 0.6 is 38.9 Å². The molecule has 0 amide bonds. The van der Waals surface area contributed by atoms with Gasteiger partial charge in [0.05, 0.1) is 41.1 Å². The van der Waals surface area contributed by atoms with Crippen molar-refractivity contribution in [3.8, 4) is 29.6 Å². The molecule has 0 N–H and O–H groups in total. The fraction of sp³-hybridized carbons (Fsp3) is 0.276. The van der Waals surface area contributed by atoms with Crippen molar-refractivity contribution in [3.05, 3.63) is 81.9 Å². The standard InChI is InChI=1S/C29H26BrClN2O6S/c1-7-10-38-26-20(31)11-17(12-22(26)37-6)13-23-27(34)33-25(19-14-18(30)8-9-21(19)36-5)24(28(35)39-15(2)3)16(4)32-29(33)40-23/h1,8-9,11-15,25H,10H2,2-6H3/b23-13-/t25-/m0/s1. The Morgan fingerprint density at radius 3 is 2.62 bits per heavy atom. The van der Waals surface area contributed by atoms with Crippen molar-refractivity contribution >= 4 is 50.9 Å². The molecule has 0 bridgehead atoms. The minimum atomic E-state index is -0.838. The van der Waals surface area contributed by atoms with E-state index in [2.05, 4.69) is 26.8 Å². The van der Waals surface area contributed by atoms with E-state index in [-0.39, 0.29) is 28.9 Å². The summed E-state index contributed by atoms with van der Waals surface area (Å²) < 4.78 is 24.8. The first-order valence-corrected chi connectivity index (χ1v) is 14.1. The topological polar surface area (TPSA) is 88.4 Å². The largest absolute Gasteiger partial charge is 0.496 e. The molecule has 1 atom stereocenters. The molecule has 1 aromatic heterocycles. The molecule has 3 aromatic rings. The number of carbonyl (C=O) groups excluding carboxylic acids is 1. The lowest BCUT2D eigenvalue weighted by Gasteiger charge is -2.26. The second kappa shape index (κ2) is 12.3. The normalized spacial score (nSPS) is 14.9. The van der Waals surface area contributed by atoms with E-state index in [1.807, 2.05) is 12.1 Å². The summed E-state index contributed by atoms with van der Waals surface area (Å²) in [4.78, 5) is 32.4. The molecule has 208 valence electrons. The second-order valence-electron chi connectivity index (χ2n) is 8.95. The number of esters is 1. The van der Waals surface area contributed by atoms with Crippen LogP contribution in [0.1, 0.15) is 37.9 Å². The molecule has 4 rings (SSSR count). The van der Waals surface area contributed by atoms with E-state index >= 15 is 0 Å². The maximum atomic E-state index is 14.0. The molecule has 2 heterocycles. The summed E-state index contributed by atoms with van der Waals surface area (Å²) in [5.74, 6) is 3.02. The lowest BCUT2D eigenvalue weighted by molar-refractivity contribution is -0.143. The van der Waals surface area contributed by atoms with E-state index in [1.54, 1.807) is 45.0 Å². The number of hydrogen-bond acceptors (Lipinski definition) is 8. The molecule has 0 saturated heterocycles. The molecule has 11 heteroatoms. The average Bonchev–Trinajstić information content (AvgIpc) is 3.20. The van der Waals surface area contributed by atoms with Gasteiger partial charge in [-0.3, -0.25) is 9.36 Å². The minimum absolute atomic E-state index is 0.0218. The van der Waals surface area contributed by atoms with Crippen molar-refractivity contribution in [2.45, 2.75) is 32.9 Å². The number of allylic oxidation sites excluding steroid dienone is 1. The number of methoxy groups -OCH3 is 2. The quantitative estimate of drug-likeness (QED) is 0.262. The summed E-state index contributed by atoms with van der Waals surface area (Å²) in [7, 11) is 3.02. The van der Waals surface area contributed by atoms with Gasteiger partial charge in [0, 0.05) is 10.0 Å². The fourth-order valence-corrected chi connectivity index (χ4v) is 6.00. The predicted molar refractivity (Wildman–Crippen MR) is 158 cm³/mol. The molecule has 0 spiro atoms.